The largest absolute Gasteiger partial charge is 0.481 e. The molecular formula is C7H11NO4. The standard InChI is InChI=1S/C7H11NO4/c9-6-4-12-3-5(8-6)1-2-7(10)11/h5H,1-4H2,(H,8,9)(H,10,11). The predicted octanol–water partition coefficient (Wildman–Crippen LogP) is -0.634. The van der Waals surface area contributed by atoms with E-state index in [2.05, 4.69) is 5.32 Å². The number of carboxylic acids is 1. The van der Waals surface area contributed by atoms with Crippen molar-refractivity contribution in [1.82, 2.24) is 5.32 Å². The van der Waals surface area contributed by atoms with Crippen molar-refractivity contribution in [2.24, 2.45) is 0 Å². The highest BCUT2D eigenvalue weighted by Gasteiger charge is 2.18. The SMILES string of the molecule is O=C(O)CCC1COCC(=O)N1. The Morgan fingerprint density at radius 2 is 2.50 bits per heavy atom. The summed E-state index contributed by atoms with van der Waals surface area (Å²) in [5.41, 5.74) is 0. The van der Waals surface area contributed by atoms with E-state index in [0.29, 0.717) is 13.0 Å². The Kier molecular flexibility index (Phi) is 3.04. The van der Waals surface area contributed by atoms with Crippen molar-refractivity contribution in [3.8, 4) is 0 Å². The van der Waals surface area contributed by atoms with Crippen LogP contribution < -0.4 is 5.32 Å². The molecule has 1 amide bonds. The van der Waals surface area contributed by atoms with Crippen molar-refractivity contribution in [1.29, 1.82) is 0 Å². The number of carboxylic acid groups (broad SMARTS) is 1. The molecule has 5 nitrogen and oxygen atoms in total. The number of carbonyl (C=O) groups is 2. The molecule has 1 atom stereocenters. The van der Waals surface area contributed by atoms with Crippen molar-refractivity contribution in [3.63, 3.8) is 0 Å². The fourth-order valence-electron chi connectivity index (χ4n) is 1.06. The van der Waals surface area contributed by atoms with Crippen LogP contribution in [0.3, 0.4) is 0 Å². The van der Waals surface area contributed by atoms with Crippen LogP contribution in [0.2, 0.25) is 0 Å². The third-order valence-corrected chi connectivity index (χ3v) is 1.62. The van der Waals surface area contributed by atoms with Gasteiger partial charge in [-0.1, -0.05) is 0 Å². The Balaban J connectivity index is 2.23. The van der Waals surface area contributed by atoms with Crippen LogP contribution in [0.4, 0.5) is 0 Å². The molecule has 0 aromatic carbocycles. The van der Waals surface area contributed by atoms with Gasteiger partial charge in [-0.25, -0.2) is 0 Å². The fourth-order valence-corrected chi connectivity index (χ4v) is 1.06. The molecular weight excluding hydrogens is 162 g/mol. The van der Waals surface area contributed by atoms with Gasteiger partial charge in [0.25, 0.3) is 0 Å². The van der Waals surface area contributed by atoms with Gasteiger partial charge >= 0.3 is 5.97 Å². The smallest absolute Gasteiger partial charge is 0.303 e. The lowest BCUT2D eigenvalue weighted by Crippen LogP contribution is -2.45. The second kappa shape index (κ2) is 4.06. The Morgan fingerprint density at radius 1 is 1.75 bits per heavy atom. The quantitative estimate of drug-likeness (QED) is 0.595. The first-order chi connectivity index (χ1) is 5.68. The van der Waals surface area contributed by atoms with E-state index < -0.39 is 5.97 Å². The molecule has 0 bridgehead atoms. The minimum atomic E-state index is -0.852. The Morgan fingerprint density at radius 3 is 3.08 bits per heavy atom. The molecule has 0 aromatic heterocycles. The molecule has 0 aliphatic carbocycles. The van der Waals surface area contributed by atoms with Crippen LogP contribution in [-0.2, 0) is 14.3 Å². The highest BCUT2D eigenvalue weighted by atomic mass is 16.5. The van der Waals surface area contributed by atoms with Crippen molar-refractivity contribution in [2.45, 2.75) is 18.9 Å². The van der Waals surface area contributed by atoms with Crippen LogP contribution in [0, 0.1) is 0 Å². The van der Waals surface area contributed by atoms with E-state index in [1.807, 2.05) is 0 Å². The molecule has 0 saturated carbocycles. The maximum absolute atomic E-state index is 10.7. The molecule has 0 spiro atoms. The van der Waals surface area contributed by atoms with Crippen LogP contribution in [0.1, 0.15) is 12.8 Å². The molecule has 1 saturated heterocycles. The Bertz CT molecular complexity index is 192. The third kappa shape index (κ3) is 2.87. The molecule has 1 aliphatic rings. The fraction of sp³-hybridized carbons (Fsp3) is 0.714. The van der Waals surface area contributed by atoms with Gasteiger partial charge in [-0.2, -0.15) is 0 Å². The number of rotatable bonds is 3. The lowest BCUT2D eigenvalue weighted by molar-refractivity contribution is -0.138. The number of nitrogens with one attached hydrogen (secondary N) is 1. The molecule has 1 unspecified atom stereocenters. The van der Waals surface area contributed by atoms with E-state index in [0.717, 1.165) is 0 Å². The highest BCUT2D eigenvalue weighted by molar-refractivity contribution is 5.78. The van der Waals surface area contributed by atoms with Gasteiger partial charge in [-0.15, -0.1) is 0 Å². The van der Waals surface area contributed by atoms with Gasteiger partial charge in [-0.3, -0.25) is 9.59 Å². The van der Waals surface area contributed by atoms with Crippen molar-refractivity contribution >= 4 is 11.9 Å². The number of carbonyl (C=O) groups excluding carboxylic acids is 1. The van der Waals surface area contributed by atoms with Gasteiger partial charge in [0.2, 0.25) is 5.91 Å². The van der Waals surface area contributed by atoms with E-state index >= 15 is 0 Å². The summed E-state index contributed by atoms with van der Waals surface area (Å²) < 4.78 is 4.92. The van der Waals surface area contributed by atoms with Gasteiger partial charge in [-0.05, 0) is 6.42 Å². The van der Waals surface area contributed by atoms with Gasteiger partial charge in [0.05, 0.1) is 12.6 Å². The van der Waals surface area contributed by atoms with Crippen LogP contribution in [-0.4, -0.2) is 36.2 Å². The molecule has 0 radical (unpaired) electrons. The van der Waals surface area contributed by atoms with Crippen molar-refractivity contribution in [2.75, 3.05) is 13.2 Å². The summed E-state index contributed by atoms with van der Waals surface area (Å²) in [6.07, 6.45) is 0.495. The topological polar surface area (TPSA) is 75.6 Å². The van der Waals surface area contributed by atoms with Crippen LogP contribution >= 0.6 is 0 Å². The normalized spacial score (nSPS) is 23.3. The number of morpholine rings is 1. The zero-order chi connectivity index (χ0) is 8.97. The van der Waals surface area contributed by atoms with Crippen molar-refractivity contribution in [3.05, 3.63) is 0 Å². The third-order valence-electron chi connectivity index (χ3n) is 1.62. The molecule has 5 heteroatoms. The van der Waals surface area contributed by atoms with E-state index in [9.17, 15) is 9.59 Å². The van der Waals surface area contributed by atoms with Gasteiger partial charge in [0, 0.05) is 6.42 Å². The maximum atomic E-state index is 10.7. The molecule has 1 fully saturated rings. The Hall–Kier alpha value is -1.10. The zero-order valence-electron chi connectivity index (χ0n) is 6.58. The predicted molar refractivity (Wildman–Crippen MR) is 39.6 cm³/mol. The second-order valence-corrected chi connectivity index (χ2v) is 2.71. The number of aliphatic carboxylic acids is 1. The average Bonchev–Trinajstić information content (AvgIpc) is 2.01. The minimum Gasteiger partial charge on any atom is -0.481 e. The minimum absolute atomic E-state index is 0.0638. The van der Waals surface area contributed by atoms with Gasteiger partial charge in [0.1, 0.15) is 6.61 Å². The summed E-state index contributed by atoms with van der Waals surface area (Å²) in [5, 5.41) is 11.0. The van der Waals surface area contributed by atoms with E-state index in [1.54, 1.807) is 0 Å². The molecule has 1 heterocycles. The molecule has 0 aromatic rings. The first kappa shape index (κ1) is 8.99. The first-order valence-electron chi connectivity index (χ1n) is 3.77. The van der Waals surface area contributed by atoms with Gasteiger partial charge in [0.15, 0.2) is 0 Å². The van der Waals surface area contributed by atoms with Gasteiger partial charge < -0.3 is 15.2 Å². The second-order valence-electron chi connectivity index (χ2n) is 2.71. The molecule has 1 aliphatic heterocycles. The number of hydrogen-bond acceptors (Lipinski definition) is 3. The van der Waals surface area contributed by atoms with E-state index in [-0.39, 0.29) is 25.0 Å². The molecule has 68 valence electrons. The molecule has 1 rings (SSSR count). The summed E-state index contributed by atoms with van der Waals surface area (Å²) >= 11 is 0. The monoisotopic (exact) mass is 173 g/mol. The number of ether oxygens (including phenoxy) is 1. The highest BCUT2D eigenvalue weighted by Crippen LogP contribution is 2.01. The number of amides is 1. The molecule has 2 N–H and O–H groups in total. The van der Waals surface area contributed by atoms with E-state index in [1.165, 1.54) is 0 Å². The summed E-state index contributed by atoms with van der Waals surface area (Å²) in [7, 11) is 0. The Labute approximate surface area is 69.7 Å². The van der Waals surface area contributed by atoms with Crippen LogP contribution in [0.15, 0.2) is 0 Å². The lowest BCUT2D eigenvalue weighted by Gasteiger charge is -2.22. The first-order valence-corrected chi connectivity index (χ1v) is 3.77. The summed E-state index contributed by atoms with van der Waals surface area (Å²) in [4.78, 5) is 20.9. The molecule has 12 heavy (non-hydrogen) atoms. The lowest BCUT2D eigenvalue weighted by atomic mass is 10.1. The average molecular weight is 173 g/mol. The van der Waals surface area contributed by atoms with Crippen LogP contribution in [0.5, 0.6) is 0 Å². The number of hydrogen-bond donors (Lipinski definition) is 2. The summed E-state index contributed by atoms with van der Waals surface area (Å²) in [6.45, 7) is 0.503. The van der Waals surface area contributed by atoms with E-state index in [4.69, 9.17) is 9.84 Å². The maximum Gasteiger partial charge on any atom is 0.303 e. The summed E-state index contributed by atoms with van der Waals surface area (Å²) in [6, 6.07) is -0.137. The van der Waals surface area contributed by atoms with Crippen LogP contribution in [0.25, 0.3) is 0 Å². The zero-order valence-corrected chi connectivity index (χ0v) is 6.58. The van der Waals surface area contributed by atoms with Crippen molar-refractivity contribution < 1.29 is 19.4 Å². The summed E-state index contributed by atoms with van der Waals surface area (Å²) in [5.74, 6) is -1.02.